The molecule has 1 N–H and O–H groups in total. The topological polar surface area (TPSA) is 47.2 Å². The van der Waals surface area contributed by atoms with Gasteiger partial charge in [-0.3, -0.25) is 14.2 Å². The molecule has 0 saturated heterocycles. The third-order valence-electron chi connectivity index (χ3n) is 4.34. The van der Waals surface area contributed by atoms with Crippen LogP contribution in [0.3, 0.4) is 0 Å². The van der Waals surface area contributed by atoms with Crippen LogP contribution in [-0.2, 0) is 7.05 Å². The molecule has 0 unspecified atom stereocenters. The Bertz CT molecular complexity index is 1110. The Kier molecular flexibility index (Phi) is 3.62. The molecule has 0 aliphatic carbocycles. The number of phenolic OH excluding ortho intramolecular Hbond substituents is 1. The van der Waals surface area contributed by atoms with Crippen molar-refractivity contribution in [2.45, 2.75) is 0 Å². The summed E-state index contributed by atoms with van der Waals surface area (Å²) in [5.41, 5.74) is 1.71. The van der Waals surface area contributed by atoms with Crippen LogP contribution in [0, 0.1) is 0 Å². The normalized spacial score (nSPS) is 11.1. The van der Waals surface area contributed by atoms with Crippen molar-refractivity contribution in [3.8, 4) is 11.4 Å². The summed E-state index contributed by atoms with van der Waals surface area (Å²) in [6.07, 6.45) is 1.70. The number of hydrogen-bond acceptors (Lipinski definition) is 2. The highest BCUT2D eigenvalue weighted by Gasteiger charge is 2.20. The van der Waals surface area contributed by atoms with Gasteiger partial charge in [-0.05, 0) is 35.0 Å². The Hall–Kier alpha value is -2.98. The van der Waals surface area contributed by atoms with Crippen molar-refractivity contribution in [3.63, 3.8) is 0 Å². The highest BCUT2D eigenvalue weighted by atomic mass is 35.5. The van der Waals surface area contributed by atoms with Crippen molar-refractivity contribution in [2.75, 3.05) is 0 Å². The van der Waals surface area contributed by atoms with Crippen LogP contribution < -0.4 is 0 Å². The third-order valence-corrected chi connectivity index (χ3v) is 4.58. The Morgan fingerprint density at radius 3 is 2.52 bits per heavy atom. The molecule has 4 rings (SSSR count). The summed E-state index contributed by atoms with van der Waals surface area (Å²) in [4.78, 5) is 12.8. The first-order valence-corrected chi connectivity index (χ1v) is 8.19. The quantitative estimate of drug-likeness (QED) is 0.551. The number of aromatic hydroxyl groups is 1. The van der Waals surface area contributed by atoms with Gasteiger partial charge in [0.05, 0.1) is 6.20 Å². The van der Waals surface area contributed by atoms with E-state index in [1.807, 2.05) is 42.5 Å². The van der Waals surface area contributed by atoms with Gasteiger partial charge in [0.1, 0.15) is 17.1 Å². The number of carbonyl (C=O) groups is 1. The molecular formula is C20H15ClN2O2. The van der Waals surface area contributed by atoms with E-state index in [0.29, 0.717) is 22.0 Å². The lowest BCUT2D eigenvalue weighted by Crippen LogP contribution is -2.25. The molecule has 1 heterocycles. The number of carbonyl (C=O) groups excluding carboxylic acids is 1. The van der Waals surface area contributed by atoms with E-state index in [0.717, 1.165) is 10.8 Å². The monoisotopic (exact) mass is 350 g/mol. The molecule has 0 amide bonds. The molecule has 0 bridgehead atoms. The van der Waals surface area contributed by atoms with Crippen molar-refractivity contribution < 1.29 is 9.90 Å². The van der Waals surface area contributed by atoms with Gasteiger partial charge in [0.2, 0.25) is 5.78 Å². The van der Waals surface area contributed by atoms with E-state index >= 15 is 0 Å². The van der Waals surface area contributed by atoms with Crippen LogP contribution in [0.25, 0.3) is 16.5 Å². The number of ketones is 1. The zero-order valence-electron chi connectivity index (χ0n) is 13.5. The van der Waals surface area contributed by atoms with E-state index < -0.39 is 0 Å². The number of halogens is 1. The molecule has 4 nitrogen and oxygen atoms in total. The maximum absolute atomic E-state index is 12.8. The van der Waals surface area contributed by atoms with Gasteiger partial charge in [-0.25, -0.2) is 0 Å². The van der Waals surface area contributed by atoms with Crippen molar-refractivity contribution >= 4 is 28.2 Å². The number of rotatable bonds is 3. The van der Waals surface area contributed by atoms with Gasteiger partial charge in [0.15, 0.2) is 0 Å². The van der Waals surface area contributed by atoms with Gasteiger partial charge in [-0.15, -0.1) is 0 Å². The Morgan fingerprint density at radius 2 is 1.76 bits per heavy atom. The summed E-state index contributed by atoms with van der Waals surface area (Å²) in [5.74, 6) is 0.0377. The van der Waals surface area contributed by atoms with Gasteiger partial charge in [0, 0.05) is 17.6 Å². The first-order valence-electron chi connectivity index (χ1n) is 7.81. The summed E-state index contributed by atoms with van der Waals surface area (Å²) in [6.45, 7) is 0. The van der Waals surface area contributed by atoms with Gasteiger partial charge >= 0.3 is 0 Å². The summed E-state index contributed by atoms with van der Waals surface area (Å²) in [6, 6.07) is 18.4. The van der Waals surface area contributed by atoms with Gasteiger partial charge in [0.25, 0.3) is 0 Å². The van der Waals surface area contributed by atoms with Crippen molar-refractivity contribution in [1.29, 1.82) is 0 Å². The largest absolute Gasteiger partial charge is 0.506 e. The summed E-state index contributed by atoms with van der Waals surface area (Å²) >= 11 is 6.00. The van der Waals surface area contributed by atoms with E-state index in [9.17, 15) is 9.90 Å². The molecule has 0 aliphatic rings. The maximum atomic E-state index is 12.8. The zero-order chi connectivity index (χ0) is 17.6. The summed E-state index contributed by atoms with van der Waals surface area (Å²) < 4.78 is 3.39. The average Bonchev–Trinajstić information content (AvgIpc) is 2.62. The average molecular weight is 351 g/mol. The third kappa shape index (κ3) is 2.61. The van der Waals surface area contributed by atoms with Crippen LogP contribution in [0.2, 0.25) is 5.02 Å². The van der Waals surface area contributed by atoms with Crippen molar-refractivity contribution in [1.82, 2.24) is 9.36 Å². The Morgan fingerprint density at radius 1 is 1.00 bits per heavy atom. The van der Waals surface area contributed by atoms with Crippen molar-refractivity contribution in [2.24, 2.45) is 7.05 Å². The molecule has 124 valence electrons. The number of fused-ring (bicyclic) bond motifs is 1. The lowest BCUT2D eigenvalue weighted by molar-refractivity contribution is 0.102. The van der Waals surface area contributed by atoms with E-state index in [-0.39, 0.29) is 11.5 Å². The molecular weight excluding hydrogens is 336 g/mol. The van der Waals surface area contributed by atoms with Gasteiger partial charge in [-0.2, -0.15) is 0 Å². The Labute approximate surface area is 149 Å². The SMILES string of the molecule is Cn1c(C(=O)c2ccc3ccccc3c2)cn1-c1cc(Cl)ccc1O. The lowest BCUT2D eigenvalue weighted by atomic mass is 10.0. The fourth-order valence-corrected chi connectivity index (χ4v) is 3.11. The predicted molar refractivity (Wildman–Crippen MR) is 98.8 cm³/mol. The van der Waals surface area contributed by atoms with E-state index in [2.05, 4.69) is 0 Å². The second-order valence-electron chi connectivity index (χ2n) is 5.91. The number of hydrogen-bond donors (Lipinski definition) is 1. The lowest BCUT2D eigenvalue weighted by Gasteiger charge is -2.23. The Balaban J connectivity index is 1.71. The van der Waals surface area contributed by atoms with Gasteiger partial charge < -0.3 is 5.11 Å². The minimum Gasteiger partial charge on any atom is -0.506 e. The smallest absolute Gasteiger partial charge is 0.212 e. The molecule has 4 aromatic rings. The minimum absolute atomic E-state index is 0.0639. The van der Waals surface area contributed by atoms with E-state index in [1.165, 1.54) is 6.07 Å². The number of benzene rings is 3. The highest BCUT2D eigenvalue weighted by molar-refractivity contribution is 6.30. The molecule has 0 fully saturated rings. The standard InChI is InChI=1S/C20H15ClN2O2/c1-22-18(12-23(22)17-11-16(21)8-9-19(17)24)20(25)15-7-6-13-4-2-3-5-14(13)10-15/h2-12,24H,1H3. The van der Waals surface area contributed by atoms with Crippen molar-refractivity contribution in [3.05, 3.63) is 83.1 Å². The molecule has 0 aliphatic heterocycles. The minimum atomic E-state index is -0.0639. The summed E-state index contributed by atoms with van der Waals surface area (Å²) in [7, 11) is 1.77. The molecule has 25 heavy (non-hydrogen) atoms. The predicted octanol–water partition coefficient (Wildman–Crippen LogP) is 4.56. The molecule has 5 heteroatoms. The fraction of sp³-hybridized carbons (Fsp3) is 0.0500. The summed E-state index contributed by atoms with van der Waals surface area (Å²) in [5, 5.41) is 12.7. The van der Waals surface area contributed by atoms with Crippen LogP contribution in [0.4, 0.5) is 0 Å². The van der Waals surface area contributed by atoms with Crippen LogP contribution in [-0.4, -0.2) is 20.3 Å². The first kappa shape index (κ1) is 15.5. The molecule has 0 spiro atoms. The second-order valence-corrected chi connectivity index (χ2v) is 6.34. The zero-order valence-corrected chi connectivity index (χ0v) is 14.2. The number of nitrogens with zero attached hydrogens (tertiary/aromatic N) is 2. The first-order chi connectivity index (χ1) is 12.0. The molecule has 0 saturated carbocycles. The number of aromatic nitrogens is 2. The fourth-order valence-electron chi connectivity index (χ4n) is 2.94. The highest BCUT2D eigenvalue weighted by Crippen LogP contribution is 2.27. The van der Waals surface area contributed by atoms with E-state index in [4.69, 9.17) is 11.6 Å². The molecule has 0 radical (unpaired) electrons. The van der Waals surface area contributed by atoms with Crippen LogP contribution in [0.5, 0.6) is 5.75 Å². The van der Waals surface area contributed by atoms with E-state index in [1.54, 1.807) is 34.7 Å². The molecule has 0 atom stereocenters. The second kappa shape index (κ2) is 5.83. The van der Waals surface area contributed by atoms with Gasteiger partial charge in [-0.1, -0.05) is 48.0 Å². The maximum Gasteiger partial charge on any atom is 0.212 e. The molecule has 3 aromatic carbocycles. The number of phenols is 1. The van der Waals surface area contributed by atoms with Crippen LogP contribution in [0.1, 0.15) is 16.1 Å². The van der Waals surface area contributed by atoms with Crippen LogP contribution >= 0.6 is 11.6 Å². The molecule has 1 aromatic heterocycles. The van der Waals surface area contributed by atoms with Crippen LogP contribution in [0.15, 0.2) is 66.9 Å².